The van der Waals surface area contributed by atoms with Gasteiger partial charge < -0.3 is 9.84 Å². The van der Waals surface area contributed by atoms with Gasteiger partial charge in [-0.25, -0.2) is 9.59 Å². The van der Waals surface area contributed by atoms with Gasteiger partial charge in [0.25, 0.3) is 0 Å². The van der Waals surface area contributed by atoms with Gasteiger partial charge in [-0.1, -0.05) is 25.1 Å². The zero-order valence-corrected chi connectivity index (χ0v) is 10.8. The fraction of sp³-hybridized carbons (Fsp3) is 0.429. The molecule has 102 valence electrons. The normalized spacial score (nSPS) is 18.4. The van der Waals surface area contributed by atoms with E-state index in [1.54, 1.807) is 12.1 Å². The second-order valence-corrected chi connectivity index (χ2v) is 4.52. The number of nitrogens with zero attached hydrogens (tertiary/aromatic N) is 1. The Balaban J connectivity index is 2.10. The Morgan fingerprint density at radius 2 is 2.16 bits per heavy atom. The molecule has 1 saturated heterocycles. The van der Waals surface area contributed by atoms with Crippen molar-refractivity contribution in [3.05, 3.63) is 29.8 Å². The largest absolute Gasteiger partial charge is 0.480 e. The second-order valence-electron chi connectivity index (χ2n) is 4.52. The monoisotopic (exact) mass is 263 g/mol. The van der Waals surface area contributed by atoms with Crippen LogP contribution in [-0.4, -0.2) is 34.7 Å². The van der Waals surface area contributed by atoms with Crippen LogP contribution >= 0.6 is 0 Å². The maximum atomic E-state index is 12.0. The van der Waals surface area contributed by atoms with Crippen LogP contribution in [0, 0.1) is 0 Å². The molecule has 1 amide bonds. The molecular weight excluding hydrogens is 246 g/mol. The van der Waals surface area contributed by atoms with E-state index in [9.17, 15) is 9.59 Å². The highest BCUT2D eigenvalue weighted by Gasteiger charge is 2.35. The van der Waals surface area contributed by atoms with Crippen LogP contribution in [0.5, 0.6) is 5.75 Å². The number of benzene rings is 1. The molecule has 2 rings (SSSR count). The first-order valence-corrected chi connectivity index (χ1v) is 6.42. The van der Waals surface area contributed by atoms with E-state index in [0.29, 0.717) is 25.1 Å². The minimum Gasteiger partial charge on any atom is -0.480 e. The summed E-state index contributed by atoms with van der Waals surface area (Å²) in [5.41, 5.74) is 0.932. The minimum atomic E-state index is -0.974. The highest BCUT2D eigenvalue weighted by atomic mass is 16.6. The third-order valence-corrected chi connectivity index (χ3v) is 3.32. The predicted octanol–water partition coefficient (Wildman–Crippen LogP) is 2.30. The first kappa shape index (κ1) is 13.4. The Labute approximate surface area is 111 Å². The van der Waals surface area contributed by atoms with E-state index in [1.165, 1.54) is 4.90 Å². The molecule has 5 nitrogen and oxygen atoms in total. The molecule has 19 heavy (non-hydrogen) atoms. The number of likely N-dealkylation sites (tertiary alicyclic amines) is 1. The number of carboxylic acids is 1. The summed E-state index contributed by atoms with van der Waals surface area (Å²) in [4.78, 5) is 24.4. The smallest absolute Gasteiger partial charge is 0.415 e. The van der Waals surface area contributed by atoms with Crippen molar-refractivity contribution in [3.8, 4) is 5.75 Å². The molecule has 1 aliphatic rings. The van der Waals surface area contributed by atoms with Crippen LogP contribution in [0.1, 0.15) is 25.3 Å². The Morgan fingerprint density at radius 1 is 1.42 bits per heavy atom. The maximum absolute atomic E-state index is 12.0. The number of para-hydroxylation sites is 1. The molecule has 1 unspecified atom stereocenters. The topological polar surface area (TPSA) is 66.8 Å². The second kappa shape index (κ2) is 5.73. The van der Waals surface area contributed by atoms with Gasteiger partial charge in [-0.15, -0.1) is 0 Å². The molecule has 1 N–H and O–H groups in total. The fourth-order valence-corrected chi connectivity index (χ4v) is 2.29. The van der Waals surface area contributed by atoms with Crippen LogP contribution < -0.4 is 4.74 Å². The molecule has 0 saturated carbocycles. The third kappa shape index (κ3) is 2.86. The van der Waals surface area contributed by atoms with Gasteiger partial charge >= 0.3 is 12.1 Å². The number of aliphatic carboxylic acids is 1. The van der Waals surface area contributed by atoms with Gasteiger partial charge in [-0.05, 0) is 30.9 Å². The number of ether oxygens (including phenoxy) is 1. The summed E-state index contributed by atoms with van der Waals surface area (Å²) in [6.07, 6.45) is 1.36. The van der Waals surface area contributed by atoms with Gasteiger partial charge in [0.1, 0.15) is 11.8 Å². The number of carbonyl (C=O) groups is 2. The minimum absolute atomic E-state index is 0.435. The molecule has 1 atom stereocenters. The van der Waals surface area contributed by atoms with Crippen molar-refractivity contribution in [2.75, 3.05) is 6.54 Å². The number of aryl methyl sites for hydroxylation is 1. The molecule has 0 aliphatic carbocycles. The molecule has 0 radical (unpaired) electrons. The van der Waals surface area contributed by atoms with Gasteiger partial charge in [0, 0.05) is 6.54 Å². The van der Waals surface area contributed by atoms with Gasteiger partial charge in [-0.2, -0.15) is 0 Å². The average Bonchev–Trinajstić information content (AvgIpc) is 2.88. The van der Waals surface area contributed by atoms with Crippen molar-refractivity contribution >= 4 is 12.1 Å². The number of rotatable bonds is 3. The number of carboxylic acid groups (broad SMARTS) is 1. The SMILES string of the molecule is CCc1ccccc1OC(=O)N1CCCC1C(=O)O. The Bertz CT molecular complexity index is 486. The zero-order chi connectivity index (χ0) is 13.8. The van der Waals surface area contributed by atoms with Crippen molar-refractivity contribution in [1.82, 2.24) is 4.90 Å². The van der Waals surface area contributed by atoms with Crippen molar-refractivity contribution in [2.24, 2.45) is 0 Å². The summed E-state index contributed by atoms with van der Waals surface area (Å²) < 4.78 is 5.32. The lowest BCUT2D eigenvalue weighted by Gasteiger charge is -2.21. The number of carbonyl (C=O) groups excluding carboxylic acids is 1. The van der Waals surface area contributed by atoms with Gasteiger partial charge in [0.05, 0.1) is 0 Å². The zero-order valence-electron chi connectivity index (χ0n) is 10.8. The molecule has 5 heteroatoms. The third-order valence-electron chi connectivity index (χ3n) is 3.32. The van der Waals surface area contributed by atoms with Crippen LogP contribution in [-0.2, 0) is 11.2 Å². The highest BCUT2D eigenvalue weighted by Crippen LogP contribution is 2.23. The van der Waals surface area contributed by atoms with Crippen molar-refractivity contribution in [1.29, 1.82) is 0 Å². The van der Waals surface area contributed by atoms with Crippen molar-refractivity contribution in [3.63, 3.8) is 0 Å². The lowest BCUT2D eigenvalue weighted by atomic mass is 10.1. The number of hydrogen-bond donors (Lipinski definition) is 1. The predicted molar refractivity (Wildman–Crippen MR) is 69.2 cm³/mol. The molecule has 1 fully saturated rings. The van der Waals surface area contributed by atoms with Gasteiger partial charge in [-0.3, -0.25) is 4.90 Å². The van der Waals surface area contributed by atoms with E-state index >= 15 is 0 Å². The summed E-state index contributed by atoms with van der Waals surface area (Å²) in [5.74, 6) is -0.468. The molecular formula is C14H17NO4. The average molecular weight is 263 g/mol. The molecule has 1 heterocycles. The summed E-state index contributed by atoms with van der Waals surface area (Å²) in [6, 6.07) is 6.53. The molecule has 0 spiro atoms. The van der Waals surface area contributed by atoms with Gasteiger partial charge in [0.2, 0.25) is 0 Å². The van der Waals surface area contributed by atoms with E-state index in [4.69, 9.17) is 9.84 Å². The van der Waals surface area contributed by atoms with E-state index in [0.717, 1.165) is 12.0 Å². The summed E-state index contributed by atoms with van der Waals surface area (Å²) in [5, 5.41) is 9.05. The van der Waals surface area contributed by atoms with Crippen LogP contribution in [0.3, 0.4) is 0 Å². The van der Waals surface area contributed by atoms with E-state index in [1.807, 2.05) is 19.1 Å². The standard InChI is InChI=1S/C14H17NO4/c1-2-10-6-3-4-8-12(10)19-14(18)15-9-5-7-11(15)13(16)17/h3-4,6,8,11H,2,5,7,9H2,1H3,(H,16,17). The van der Waals surface area contributed by atoms with E-state index in [2.05, 4.69) is 0 Å². The molecule has 0 bridgehead atoms. The number of hydrogen-bond acceptors (Lipinski definition) is 3. The Morgan fingerprint density at radius 3 is 2.84 bits per heavy atom. The first-order valence-electron chi connectivity index (χ1n) is 6.42. The van der Waals surface area contributed by atoms with Crippen LogP contribution in [0.4, 0.5) is 4.79 Å². The molecule has 1 aromatic carbocycles. The number of amides is 1. The molecule has 1 aromatic rings. The van der Waals surface area contributed by atoms with Crippen molar-refractivity contribution in [2.45, 2.75) is 32.2 Å². The van der Waals surface area contributed by atoms with Crippen LogP contribution in [0.15, 0.2) is 24.3 Å². The lowest BCUT2D eigenvalue weighted by Crippen LogP contribution is -2.42. The van der Waals surface area contributed by atoms with Crippen LogP contribution in [0.2, 0.25) is 0 Å². The maximum Gasteiger partial charge on any atom is 0.415 e. The van der Waals surface area contributed by atoms with Crippen molar-refractivity contribution < 1.29 is 19.4 Å². The van der Waals surface area contributed by atoms with Gasteiger partial charge in [0.15, 0.2) is 0 Å². The summed E-state index contributed by atoms with van der Waals surface area (Å²) in [7, 11) is 0. The summed E-state index contributed by atoms with van der Waals surface area (Å²) >= 11 is 0. The quantitative estimate of drug-likeness (QED) is 0.908. The fourth-order valence-electron chi connectivity index (χ4n) is 2.29. The Hall–Kier alpha value is -2.04. The van der Waals surface area contributed by atoms with Crippen LogP contribution in [0.25, 0.3) is 0 Å². The van der Waals surface area contributed by atoms with E-state index in [-0.39, 0.29) is 0 Å². The van der Waals surface area contributed by atoms with E-state index < -0.39 is 18.1 Å². The molecule has 0 aromatic heterocycles. The first-order chi connectivity index (χ1) is 9.13. The molecule has 1 aliphatic heterocycles. The lowest BCUT2D eigenvalue weighted by molar-refractivity contribution is -0.141. The summed E-state index contributed by atoms with van der Waals surface area (Å²) in [6.45, 7) is 2.41. The Kier molecular flexibility index (Phi) is 4.04. The highest BCUT2D eigenvalue weighted by molar-refractivity contribution is 5.81.